The number of nitrogens with two attached hydrogens (primary N) is 1. The van der Waals surface area contributed by atoms with Crippen LogP contribution in [0.5, 0.6) is 0 Å². The second-order valence-electron chi connectivity index (χ2n) is 6.25. The van der Waals surface area contributed by atoms with Gasteiger partial charge in [0.15, 0.2) is 0 Å². The van der Waals surface area contributed by atoms with Gasteiger partial charge in [-0.2, -0.15) is 0 Å². The maximum Gasteiger partial charge on any atom is 0.238 e. The highest BCUT2D eigenvalue weighted by Crippen LogP contribution is 2.15. The zero-order valence-electron chi connectivity index (χ0n) is 14.6. The minimum atomic E-state index is -3.75. The van der Waals surface area contributed by atoms with Crippen LogP contribution in [0.4, 0.5) is 5.69 Å². The molecule has 0 spiro atoms. The zero-order valence-corrected chi connectivity index (χ0v) is 16.2. The van der Waals surface area contributed by atoms with Crippen molar-refractivity contribution in [1.82, 2.24) is 4.90 Å². The van der Waals surface area contributed by atoms with Gasteiger partial charge < -0.3 is 5.32 Å². The van der Waals surface area contributed by atoms with Crippen molar-refractivity contribution in [3.8, 4) is 0 Å². The van der Waals surface area contributed by atoms with Gasteiger partial charge in [0.1, 0.15) is 0 Å². The molecule has 0 bridgehead atoms. The molecule has 26 heavy (non-hydrogen) atoms. The predicted octanol–water partition coefficient (Wildman–Crippen LogP) is 2.84. The Morgan fingerprint density at radius 2 is 1.85 bits per heavy atom. The number of amides is 1. The second kappa shape index (κ2) is 8.64. The van der Waals surface area contributed by atoms with E-state index in [4.69, 9.17) is 16.7 Å². The lowest BCUT2D eigenvalue weighted by molar-refractivity contribution is -0.117. The van der Waals surface area contributed by atoms with E-state index in [0.717, 1.165) is 5.56 Å². The van der Waals surface area contributed by atoms with Gasteiger partial charge >= 0.3 is 0 Å². The predicted molar refractivity (Wildman–Crippen MR) is 103 cm³/mol. The third kappa shape index (κ3) is 6.10. The number of rotatable bonds is 7. The number of hydrogen-bond acceptors (Lipinski definition) is 4. The molecule has 0 aromatic heterocycles. The molecule has 0 saturated heterocycles. The van der Waals surface area contributed by atoms with E-state index in [0.29, 0.717) is 17.3 Å². The summed E-state index contributed by atoms with van der Waals surface area (Å²) in [5.41, 5.74) is 1.53. The monoisotopic (exact) mass is 395 g/mol. The Balaban J connectivity index is 2.01. The number of primary sulfonamides is 1. The average Bonchev–Trinajstić information content (AvgIpc) is 2.53. The number of nitrogens with one attached hydrogen (secondary N) is 1. The Bertz CT molecular complexity index is 868. The molecule has 0 saturated carbocycles. The van der Waals surface area contributed by atoms with Crippen molar-refractivity contribution in [2.75, 3.05) is 11.9 Å². The Hall–Kier alpha value is -1.93. The standard InChI is InChI=1S/C18H22ClN3O3S/c1-13(2)22(11-14-4-3-5-15(19)10-14)12-18(23)21-16-6-8-17(9-7-16)26(20,24)25/h3-10,13H,11-12H2,1-2H3,(H,21,23)(H2,20,24,25). The smallest absolute Gasteiger partial charge is 0.238 e. The largest absolute Gasteiger partial charge is 0.325 e. The minimum absolute atomic E-state index is 0.000243. The molecule has 0 radical (unpaired) electrons. The van der Waals surface area contributed by atoms with Gasteiger partial charge in [-0.05, 0) is 55.8 Å². The van der Waals surface area contributed by atoms with Crippen molar-refractivity contribution in [2.24, 2.45) is 5.14 Å². The molecule has 140 valence electrons. The molecule has 0 aliphatic carbocycles. The van der Waals surface area contributed by atoms with Crippen LogP contribution in [0.3, 0.4) is 0 Å². The van der Waals surface area contributed by atoms with Gasteiger partial charge in [-0.3, -0.25) is 9.69 Å². The summed E-state index contributed by atoms with van der Waals surface area (Å²) in [6.45, 7) is 4.81. The van der Waals surface area contributed by atoms with Crippen molar-refractivity contribution in [3.63, 3.8) is 0 Å². The van der Waals surface area contributed by atoms with Crippen molar-refractivity contribution < 1.29 is 13.2 Å². The van der Waals surface area contributed by atoms with Crippen LogP contribution < -0.4 is 10.5 Å². The highest BCUT2D eigenvalue weighted by atomic mass is 35.5. The molecule has 3 N–H and O–H groups in total. The van der Waals surface area contributed by atoms with Crippen LogP contribution in [0.25, 0.3) is 0 Å². The summed E-state index contributed by atoms with van der Waals surface area (Å²) in [6.07, 6.45) is 0. The quantitative estimate of drug-likeness (QED) is 0.753. The molecule has 2 rings (SSSR count). The van der Waals surface area contributed by atoms with Crippen molar-refractivity contribution >= 4 is 33.2 Å². The second-order valence-corrected chi connectivity index (χ2v) is 8.24. The Morgan fingerprint density at radius 3 is 2.38 bits per heavy atom. The summed E-state index contributed by atoms with van der Waals surface area (Å²) >= 11 is 6.02. The average molecular weight is 396 g/mol. The van der Waals surface area contributed by atoms with E-state index in [-0.39, 0.29) is 23.4 Å². The van der Waals surface area contributed by atoms with Crippen LogP contribution >= 0.6 is 11.6 Å². The molecular weight excluding hydrogens is 374 g/mol. The van der Waals surface area contributed by atoms with E-state index >= 15 is 0 Å². The van der Waals surface area contributed by atoms with E-state index in [2.05, 4.69) is 5.32 Å². The molecule has 8 heteroatoms. The number of sulfonamides is 1. The summed E-state index contributed by atoms with van der Waals surface area (Å²) < 4.78 is 22.5. The Labute approximate surface area is 159 Å². The summed E-state index contributed by atoms with van der Waals surface area (Å²) in [5, 5.41) is 8.48. The molecule has 0 heterocycles. The van der Waals surface area contributed by atoms with Gasteiger partial charge in [-0.15, -0.1) is 0 Å². The fourth-order valence-electron chi connectivity index (χ4n) is 2.40. The van der Waals surface area contributed by atoms with Crippen molar-refractivity contribution in [3.05, 3.63) is 59.1 Å². The Kier molecular flexibility index (Phi) is 6.77. The molecule has 0 aliphatic rings. The van der Waals surface area contributed by atoms with Gasteiger partial charge in [0.05, 0.1) is 11.4 Å². The van der Waals surface area contributed by atoms with Gasteiger partial charge in [0.25, 0.3) is 0 Å². The fourth-order valence-corrected chi connectivity index (χ4v) is 3.13. The lowest BCUT2D eigenvalue weighted by Gasteiger charge is -2.26. The molecule has 2 aromatic rings. The third-order valence-electron chi connectivity index (χ3n) is 3.82. The van der Waals surface area contributed by atoms with Gasteiger partial charge in [0, 0.05) is 23.3 Å². The van der Waals surface area contributed by atoms with Crippen molar-refractivity contribution in [2.45, 2.75) is 31.3 Å². The van der Waals surface area contributed by atoms with E-state index in [9.17, 15) is 13.2 Å². The SMILES string of the molecule is CC(C)N(CC(=O)Nc1ccc(S(N)(=O)=O)cc1)Cc1cccc(Cl)c1. The first-order valence-electron chi connectivity index (χ1n) is 8.06. The van der Waals surface area contributed by atoms with Crippen LogP contribution in [-0.2, 0) is 21.4 Å². The van der Waals surface area contributed by atoms with Gasteiger partial charge in [0.2, 0.25) is 15.9 Å². The first-order valence-corrected chi connectivity index (χ1v) is 9.99. The molecule has 6 nitrogen and oxygen atoms in total. The summed E-state index contributed by atoms with van der Waals surface area (Å²) in [4.78, 5) is 14.4. The molecule has 0 unspecified atom stereocenters. The topological polar surface area (TPSA) is 92.5 Å². The fraction of sp³-hybridized carbons (Fsp3) is 0.278. The zero-order chi connectivity index (χ0) is 19.3. The number of halogens is 1. The highest BCUT2D eigenvalue weighted by molar-refractivity contribution is 7.89. The molecular formula is C18H22ClN3O3S. The van der Waals surface area contributed by atoms with E-state index < -0.39 is 10.0 Å². The lowest BCUT2D eigenvalue weighted by atomic mass is 10.2. The summed E-state index contributed by atoms with van der Waals surface area (Å²) in [5.74, 6) is -0.191. The lowest BCUT2D eigenvalue weighted by Crippen LogP contribution is -2.37. The molecule has 0 fully saturated rings. The van der Waals surface area contributed by atoms with Gasteiger partial charge in [-0.25, -0.2) is 13.6 Å². The number of nitrogens with zero attached hydrogens (tertiary/aromatic N) is 1. The molecule has 1 amide bonds. The number of carbonyl (C=O) groups is 1. The van der Waals surface area contributed by atoms with E-state index in [1.165, 1.54) is 24.3 Å². The van der Waals surface area contributed by atoms with Crippen LogP contribution in [0.1, 0.15) is 19.4 Å². The van der Waals surface area contributed by atoms with Crippen LogP contribution in [-0.4, -0.2) is 31.8 Å². The first-order chi connectivity index (χ1) is 12.1. The van der Waals surface area contributed by atoms with E-state index in [1.807, 2.05) is 43.0 Å². The molecule has 2 aromatic carbocycles. The normalized spacial score (nSPS) is 11.8. The van der Waals surface area contributed by atoms with E-state index in [1.54, 1.807) is 0 Å². The number of carbonyl (C=O) groups excluding carboxylic acids is 1. The number of hydrogen-bond donors (Lipinski definition) is 2. The van der Waals surface area contributed by atoms with Crippen LogP contribution in [0.15, 0.2) is 53.4 Å². The maximum atomic E-state index is 12.3. The number of benzene rings is 2. The third-order valence-corrected chi connectivity index (χ3v) is 4.98. The first kappa shape index (κ1) is 20.4. The maximum absolute atomic E-state index is 12.3. The summed E-state index contributed by atoms with van der Waals surface area (Å²) in [6, 6.07) is 13.4. The summed E-state index contributed by atoms with van der Waals surface area (Å²) in [7, 11) is -3.75. The van der Waals surface area contributed by atoms with Crippen LogP contribution in [0, 0.1) is 0 Å². The minimum Gasteiger partial charge on any atom is -0.325 e. The van der Waals surface area contributed by atoms with Crippen molar-refractivity contribution in [1.29, 1.82) is 0 Å². The van der Waals surface area contributed by atoms with Crippen LogP contribution in [0.2, 0.25) is 5.02 Å². The highest BCUT2D eigenvalue weighted by Gasteiger charge is 2.15. The molecule has 0 atom stereocenters. The Morgan fingerprint density at radius 1 is 1.19 bits per heavy atom. The van der Waals surface area contributed by atoms with Gasteiger partial charge in [-0.1, -0.05) is 23.7 Å². The number of anilines is 1. The molecule has 0 aliphatic heterocycles.